The monoisotopic (exact) mass is 495 g/mol. The number of nitrogens with zero attached hydrogens (tertiary/aromatic N) is 6. The Balaban J connectivity index is 1.33. The molecule has 0 amide bonds. The lowest BCUT2D eigenvalue weighted by molar-refractivity contribution is 0.191. The third-order valence-electron chi connectivity index (χ3n) is 6.57. The second kappa shape index (κ2) is 9.48. The van der Waals surface area contributed by atoms with Gasteiger partial charge in [-0.1, -0.05) is 6.07 Å². The number of halogens is 1. The number of nitrogens with one attached hydrogen (secondary N) is 1. The number of pyridine rings is 1. The molecule has 0 radical (unpaired) electrons. The zero-order valence-corrected chi connectivity index (χ0v) is 20.1. The van der Waals surface area contributed by atoms with Crippen LogP contribution in [0.4, 0.5) is 5.82 Å². The summed E-state index contributed by atoms with van der Waals surface area (Å²) in [7, 11) is 0. The van der Waals surface area contributed by atoms with Gasteiger partial charge in [0, 0.05) is 62.8 Å². The molecule has 0 saturated carbocycles. The Hall–Kier alpha value is -2.61. The van der Waals surface area contributed by atoms with Crippen molar-refractivity contribution in [3.05, 3.63) is 64.4 Å². The van der Waals surface area contributed by atoms with Crippen molar-refractivity contribution in [2.24, 2.45) is 0 Å². The maximum absolute atomic E-state index is 5.00. The first-order valence-corrected chi connectivity index (χ1v) is 12.4. The van der Waals surface area contributed by atoms with E-state index in [4.69, 9.17) is 4.98 Å². The Morgan fingerprint density at radius 3 is 2.66 bits per heavy atom. The van der Waals surface area contributed by atoms with Crippen LogP contribution < -0.4 is 5.32 Å². The van der Waals surface area contributed by atoms with Gasteiger partial charge in [0.1, 0.15) is 5.82 Å². The van der Waals surface area contributed by atoms with Crippen LogP contribution >= 0.6 is 15.9 Å². The van der Waals surface area contributed by atoms with Crippen LogP contribution in [0, 0.1) is 0 Å². The molecule has 0 aliphatic carbocycles. The van der Waals surface area contributed by atoms with E-state index in [0.29, 0.717) is 12.5 Å². The SMILES string of the molecule is C/C=C(\N1CCCC1)N1CCC(c2cc(NCc3cccnc3)n3ncc(Br)c3n2)CC1. The molecule has 2 aliphatic rings. The molecule has 5 heterocycles. The molecule has 2 aliphatic heterocycles. The summed E-state index contributed by atoms with van der Waals surface area (Å²) in [6.45, 7) is 7.41. The number of aromatic nitrogens is 4. The average Bonchev–Trinajstić information content (AvgIpc) is 3.50. The number of allylic oxidation sites excluding steroid dienone is 1. The van der Waals surface area contributed by atoms with Crippen LogP contribution in [0.3, 0.4) is 0 Å². The topological polar surface area (TPSA) is 61.6 Å². The molecule has 1 N–H and O–H groups in total. The lowest BCUT2D eigenvalue weighted by Gasteiger charge is -2.38. The van der Waals surface area contributed by atoms with Gasteiger partial charge in [0.25, 0.3) is 0 Å². The average molecular weight is 496 g/mol. The second-order valence-electron chi connectivity index (χ2n) is 8.61. The standard InChI is InChI=1S/C24H30BrN7/c1-2-23(30-10-3-4-11-30)31-12-7-19(8-13-31)21-14-22(27-16-18-6-5-9-26-15-18)32-24(29-21)20(25)17-28-32/h2,5-6,9,14-15,17,19,27H,3-4,7-8,10-13,16H2,1H3/b23-2+. The number of hydrogen-bond acceptors (Lipinski definition) is 6. The van der Waals surface area contributed by atoms with Crippen LogP contribution in [0.1, 0.15) is 49.8 Å². The smallest absolute Gasteiger partial charge is 0.171 e. The number of fused-ring (bicyclic) bond motifs is 1. The molecule has 0 aromatic carbocycles. The number of anilines is 1. The first kappa shape index (κ1) is 21.2. The maximum atomic E-state index is 5.00. The Kier molecular flexibility index (Phi) is 6.30. The van der Waals surface area contributed by atoms with Crippen molar-refractivity contribution in [2.75, 3.05) is 31.5 Å². The van der Waals surface area contributed by atoms with E-state index in [1.165, 1.54) is 31.8 Å². The van der Waals surface area contributed by atoms with Crippen molar-refractivity contribution >= 4 is 27.4 Å². The van der Waals surface area contributed by atoms with Crippen molar-refractivity contribution in [2.45, 2.75) is 45.1 Å². The predicted octanol–water partition coefficient (Wildman–Crippen LogP) is 4.64. The third kappa shape index (κ3) is 4.33. The molecule has 32 heavy (non-hydrogen) atoms. The van der Waals surface area contributed by atoms with Gasteiger partial charge < -0.3 is 15.1 Å². The normalized spacial score (nSPS) is 18.0. The second-order valence-corrected chi connectivity index (χ2v) is 9.47. The Morgan fingerprint density at radius 2 is 1.94 bits per heavy atom. The van der Waals surface area contributed by atoms with Crippen LogP contribution in [0.25, 0.3) is 5.65 Å². The van der Waals surface area contributed by atoms with Crippen LogP contribution in [-0.2, 0) is 6.54 Å². The first-order chi connectivity index (χ1) is 15.7. The summed E-state index contributed by atoms with van der Waals surface area (Å²) in [6.07, 6.45) is 12.6. The van der Waals surface area contributed by atoms with E-state index in [2.05, 4.69) is 66.3 Å². The Morgan fingerprint density at radius 1 is 1.16 bits per heavy atom. The number of piperidine rings is 1. The van der Waals surface area contributed by atoms with E-state index in [0.717, 1.165) is 53.1 Å². The molecule has 0 bridgehead atoms. The van der Waals surface area contributed by atoms with Gasteiger partial charge in [0.15, 0.2) is 5.65 Å². The number of hydrogen-bond donors (Lipinski definition) is 1. The van der Waals surface area contributed by atoms with E-state index in [-0.39, 0.29) is 0 Å². The van der Waals surface area contributed by atoms with E-state index in [1.54, 1.807) is 6.20 Å². The van der Waals surface area contributed by atoms with Crippen molar-refractivity contribution < 1.29 is 0 Å². The van der Waals surface area contributed by atoms with Gasteiger partial charge in [-0.05, 0) is 66.2 Å². The van der Waals surface area contributed by atoms with E-state index in [9.17, 15) is 0 Å². The highest BCUT2D eigenvalue weighted by Crippen LogP contribution is 2.32. The van der Waals surface area contributed by atoms with Gasteiger partial charge in [0.2, 0.25) is 0 Å². The molecule has 2 fully saturated rings. The summed E-state index contributed by atoms with van der Waals surface area (Å²) >= 11 is 3.63. The maximum Gasteiger partial charge on any atom is 0.171 e. The summed E-state index contributed by atoms with van der Waals surface area (Å²) in [5, 5.41) is 8.06. The van der Waals surface area contributed by atoms with Gasteiger partial charge in [0.05, 0.1) is 16.5 Å². The van der Waals surface area contributed by atoms with Crippen molar-refractivity contribution in [1.82, 2.24) is 29.4 Å². The fourth-order valence-electron chi connectivity index (χ4n) is 4.90. The molecule has 0 spiro atoms. The number of likely N-dealkylation sites (tertiary alicyclic amines) is 2. The lowest BCUT2D eigenvalue weighted by atomic mass is 9.93. The van der Waals surface area contributed by atoms with Crippen molar-refractivity contribution in [3.63, 3.8) is 0 Å². The molecule has 3 aromatic heterocycles. The Bertz CT molecular complexity index is 1080. The summed E-state index contributed by atoms with van der Waals surface area (Å²) in [6, 6.07) is 6.22. The largest absolute Gasteiger partial charge is 0.366 e. The zero-order chi connectivity index (χ0) is 21.9. The molecule has 7 nitrogen and oxygen atoms in total. The highest BCUT2D eigenvalue weighted by molar-refractivity contribution is 9.10. The molecule has 168 valence electrons. The fourth-order valence-corrected chi connectivity index (χ4v) is 5.25. The van der Waals surface area contributed by atoms with Crippen LogP contribution in [0.2, 0.25) is 0 Å². The van der Waals surface area contributed by atoms with Gasteiger partial charge in [-0.25, -0.2) is 4.98 Å². The molecule has 2 saturated heterocycles. The minimum Gasteiger partial charge on any atom is -0.366 e. The zero-order valence-electron chi connectivity index (χ0n) is 18.5. The molecule has 3 aromatic rings. The first-order valence-electron chi connectivity index (χ1n) is 11.6. The molecule has 8 heteroatoms. The van der Waals surface area contributed by atoms with Gasteiger partial charge in [-0.3, -0.25) is 4.98 Å². The van der Waals surface area contributed by atoms with Gasteiger partial charge in [-0.15, -0.1) is 0 Å². The summed E-state index contributed by atoms with van der Waals surface area (Å²) < 4.78 is 2.80. The summed E-state index contributed by atoms with van der Waals surface area (Å²) in [4.78, 5) is 14.3. The van der Waals surface area contributed by atoms with Crippen LogP contribution in [-0.4, -0.2) is 55.6 Å². The molecule has 0 unspecified atom stereocenters. The summed E-state index contributed by atoms with van der Waals surface area (Å²) in [5.41, 5.74) is 3.15. The van der Waals surface area contributed by atoms with Crippen molar-refractivity contribution in [1.29, 1.82) is 0 Å². The van der Waals surface area contributed by atoms with Crippen LogP contribution in [0.5, 0.6) is 0 Å². The van der Waals surface area contributed by atoms with E-state index in [1.807, 2.05) is 23.0 Å². The lowest BCUT2D eigenvalue weighted by Crippen LogP contribution is -2.39. The molecule has 5 rings (SSSR count). The minimum atomic E-state index is 0.452. The summed E-state index contributed by atoms with van der Waals surface area (Å²) in [5.74, 6) is 2.84. The minimum absolute atomic E-state index is 0.452. The number of rotatable bonds is 6. The fraction of sp³-hybridized carbons (Fsp3) is 0.458. The van der Waals surface area contributed by atoms with E-state index < -0.39 is 0 Å². The molecular weight excluding hydrogens is 466 g/mol. The van der Waals surface area contributed by atoms with Gasteiger partial charge >= 0.3 is 0 Å². The van der Waals surface area contributed by atoms with Gasteiger partial charge in [-0.2, -0.15) is 9.61 Å². The molecule has 0 atom stereocenters. The Labute approximate surface area is 197 Å². The van der Waals surface area contributed by atoms with E-state index >= 15 is 0 Å². The highest BCUT2D eigenvalue weighted by atomic mass is 79.9. The quantitative estimate of drug-likeness (QED) is 0.537. The predicted molar refractivity (Wildman–Crippen MR) is 130 cm³/mol. The third-order valence-corrected chi connectivity index (χ3v) is 7.13. The van der Waals surface area contributed by atoms with Crippen molar-refractivity contribution in [3.8, 4) is 0 Å². The highest BCUT2D eigenvalue weighted by Gasteiger charge is 2.27. The van der Waals surface area contributed by atoms with Crippen LogP contribution in [0.15, 0.2) is 53.2 Å². The molecular formula is C24H30BrN7.